The van der Waals surface area contributed by atoms with E-state index in [2.05, 4.69) is 15.5 Å². The lowest BCUT2D eigenvalue weighted by atomic mass is 10.1. The predicted octanol–water partition coefficient (Wildman–Crippen LogP) is 6.20. The Labute approximate surface area is 199 Å². The van der Waals surface area contributed by atoms with E-state index in [1.807, 2.05) is 70.4 Å². The van der Waals surface area contributed by atoms with E-state index in [0.29, 0.717) is 29.6 Å². The van der Waals surface area contributed by atoms with Crippen molar-refractivity contribution < 1.29 is 9.13 Å². The van der Waals surface area contributed by atoms with Gasteiger partial charge >= 0.3 is 0 Å². The number of ether oxygens (including phenoxy) is 1. The lowest BCUT2D eigenvalue weighted by Crippen LogP contribution is -2.15. The van der Waals surface area contributed by atoms with E-state index in [-0.39, 0.29) is 5.82 Å². The molecular formula is C27H30FN5O. The van der Waals surface area contributed by atoms with Crippen LogP contribution in [0.25, 0.3) is 10.9 Å². The van der Waals surface area contributed by atoms with Crippen molar-refractivity contribution in [2.24, 2.45) is 0 Å². The number of para-hydroxylation sites is 2. The lowest BCUT2D eigenvalue weighted by Gasteiger charge is -2.16. The number of nitrogens with zero attached hydrogens (tertiary/aromatic N) is 3. The van der Waals surface area contributed by atoms with Crippen LogP contribution in [0.1, 0.15) is 17.5 Å². The molecule has 0 radical (unpaired) electrons. The van der Waals surface area contributed by atoms with Crippen LogP contribution in [-0.2, 0) is 0 Å². The highest BCUT2D eigenvalue weighted by molar-refractivity contribution is 5.95. The first-order valence-corrected chi connectivity index (χ1v) is 11.3. The molecule has 6 nitrogen and oxygen atoms in total. The van der Waals surface area contributed by atoms with E-state index >= 15 is 0 Å². The summed E-state index contributed by atoms with van der Waals surface area (Å²) in [7, 11) is 4.09. The molecule has 0 bridgehead atoms. The fraction of sp³-hybridized carbons (Fsp3) is 0.259. The smallest absolute Gasteiger partial charge is 0.229 e. The number of hydrogen-bond acceptors (Lipinski definition) is 6. The maximum atomic E-state index is 13.6. The number of aromatic nitrogens is 2. The SMILES string of the molecule is Cc1cc(F)ccc1Nc1nc(Nc2ccccc2C)c2cccc(OCCCN(C)C)c2n1. The van der Waals surface area contributed by atoms with E-state index in [9.17, 15) is 4.39 Å². The summed E-state index contributed by atoms with van der Waals surface area (Å²) in [5, 5.41) is 7.57. The molecule has 1 aromatic heterocycles. The quantitative estimate of drug-likeness (QED) is 0.291. The Hall–Kier alpha value is -3.71. The van der Waals surface area contributed by atoms with Crippen molar-refractivity contribution in [3.8, 4) is 5.75 Å². The van der Waals surface area contributed by atoms with Crippen LogP contribution in [0.5, 0.6) is 5.75 Å². The third-order valence-corrected chi connectivity index (χ3v) is 5.53. The van der Waals surface area contributed by atoms with Gasteiger partial charge in [-0.2, -0.15) is 4.98 Å². The number of halogens is 1. The van der Waals surface area contributed by atoms with Crippen LogP contribution in [-0.4, -0.2) is 42.1 Å². The van der Waals surface area contributed by atoms with Gasteiger partial charge in [0.1, 0.15) is 22.9 Å². The van der Waals surface area contributed by atoms with E-state index in [1.54, 1.807) is 6.07 Å². The average Bonchev–Trinajstić information content (AvgIpc) is 2.80. The summed E-state index contributed by atoms with van der Waals surface area (Å²) in [6.45, 7) is 5.42. The number of hydrogen-bond donors (Lipinski definition) is 2. The fourth-order valence-corrected chi connectivity index (χ4v) is 3.68. The maximum absolute atomic E-state index is 13.6. The Bertz CT molecular complexity index is 1290. The maximum Gasteiger partial charge on any atom is 0.229 e. The lowest BCUT2D eigenvalue weighted by molar-refractivity contribution is 0.284. The third-order valence-electron chi connectivity index (χ3n) is 5.53. The summed E-state index contributed by atoms with van der Waals surface area (Å²) in [6.07, 6.45) is 0.905. The van der Waals surface area contributed by atoms with Crippen molar-refractivity contribution in [3.05, 3.63) is 77.6 Å². The zero-order chi connectivity index (χ0) is 24.1. The minimum atomic E-state index is -0.280. The molecule has 0 amide bonds. The minimum Gasteiger partial charge on any atom is -0.491 e. The van der Waals surface area contributed by atoms with Crippen molar-refractivity contribution in [1.82, 2.24) is 14.9 Å². The number of benzene rings is 3. The van der Waals surface area contributed by atoms with Gasteiger partial charge in [0.15, 0.2) is 0 Å². The summed E-state index contributed by atoms with van der Waals surface area (Å²) < 4.78 is 19.7. The van der Waals surface area contributed by atoms with Crippen molar-refractivity contribution in [3.63, 3.8) is 0 Å². The fourth-order valence-electron chi connectivity index (χ4n) is 3.68. The highest BCUT2D eigenvalue weighted by atomic mass is 19.1. The van der Waals surface area contributed by atoms with Gasteiger partial charge in [0.2, 0.25) is 5.95 Å². The molecule has 1 heterocycles. The van der Waals surface area contributed by atoms with Crippen molar-refractivity contribution >= 4 is 34.0 Å². The van der Waals surface area contributed by atoms with Gasteiger partial charge in [-0.05, 0) is 81.9 Å². The third kappa shape index (κ3) is 5.61. The molecule has 0 unspecified atom stereocenters. The summed E-state index contributed by atoms with van der Waals surface area (Å²) in [4.78, 5) is 11.7. The first kappa shape index (κ1) is 23.4. The largest absolute Gasteiger partial charge is 0.491 e. The number of aryl methyl sites for hydroxylation is 2. The first-order valence-electron chi connectivity index (χ1n) is 11.3. The zero-order valence-electron chi connectivity index (χ0n) is 20.0. The second kappa shape index (κ2) is 10.5. The van der Waals surface area contributed by atoms with Gasteiger partial charge in [0, 0.05) is 23.3 Å². The Morgan fingerprint density at radius 2 is 1.68 bits per heavy atom. The molecule has 0 saturated carbocycles. The average molecular weight is 460 g/mol. The Kier molecular flexibility index (Phi) is 7.23. The molecule has 34 heavy (non-hydrogen) atoms. The van der Waals surface area contributed by atoms with Crippen molar-refractivity contribution in [2.75, 3.05) is 37.9 Å². The molecule has 7 heteroatoms. The van der Waals surface area contributed by atoms with Gasteiger partial charge in [-0.1, -0.05) is 24.3 Å². The predicted molar refractivity (Wildman–Crippen MR) is 137 cm³/mol. The van der Waals surface area contributed by atoms with Crippen LogP contribution in [0.3, 0.4) is 0 Å². The Morgan fingerprint density at radius 1 is 0.882 bits per heavy atom. The highest BCUT2D eigenvalue weighted by Gasteiger charge is 2.14. The number of fused-ring (bicyclic) bond motifs is 1. The van der Waals surface area contributed by atoms with Crippen molar-refractivity contribution in [1.29, 1.82) is 0 Å². The van der Waals surface area contributed by atoms with Crippen LogP contribution in [0.2, 0.25) is 0 Å². The summed E-state index contributed by atoms with van der Waals surface area (Å²) in [5.74, 6) is 1.49. The van der Waals surface area contributed by atoms with Gasteiger partial charge < -0.3 is 20.3 Å². The van der Waals surface area contributed by atoms with Crippen LogP contribution >= 0.6 is 0 Å². The summed E-state index contributed by atoms with van der Waals surface area (Å²) in [5.41, 5.74) is 4.29. The van der Waals surface area contributed by atoms with Crippen LogP contribution in [0, 0.1) is 19.7 Å². The second-order valence-electron chi connectivity index (χ2n) is 8.58. The molecule has 176 valence electrons. The molecule has 2 N–H and O–H groups in total. The van der Waals surface area contributed by atoms with Crippen molar-refractivity contribution in [2.45, 2.75) is 20.3 Å². The van der Waals surface area contributed by atoms with Gasteiger partial charge in [-0.15, -0.1) is 0 Å². The number of rotatable bonds is 9. The standard InChI is InChI=1S/C27H30FN5O/c1-18-9-5-6-11-22(18)29-26-21-10-7-12-24(34-16-8-15-33(3)4)25(21)31-27(32-26)30-23-14-13-20(28)17-19(23)2/h5-7,9-14,17H,8,15-16H2,1-4H3,(H2,29,30,31,32). The summed E-state index contributed by atoms with van der Waals surface area (Å²) in [6, 6.07) is 18.5. The van der Waals surface area contributed by atoms with Crippen LogP contribution in [0.15, 0.2) is 60.7 Å². The minimum absolute atomic E-state index is 0.280. The molecule has 4 aromatic rings. The summed E-state index contributed by atoms with van der Waals surface area (Å²) >= 11 is 0. The first-order chi connectivity index (χ1) is 16.4. The van der Waals surface area contributed by atoms with Gasteiger partial charge in [0.05, 0.1) is 6.61 Å². The molecule has 0 atom stereocenters. The van der Waals surface area contributed by atoms with E-state index < -0.39 is 0 Å². The number of nitrogens with one attached hydrogen (secondary N) is 2. The molecule has 0 fully saturated rings. The zero-order valence-corrected chi connectivity index (χ0v) is 20.0. The Morgan fingerprint density at radius 3 is 2.44 bits per heavy atom. The second-order valence-corrected chi connectivity index (χ2v) is 8.58. The molecule has 0 aliphatic heterocycles. The van der Waals surface area contributed by atoms with Crippen LogP contribution in [0.4, 0.5) is 27.5 Å². The number of anilines is 4. The van der Waals surface area contributed by atoms with E-state index in [4.69, 9.17) is 14.7 Å². The topological polar surface area (TPSA) is 62.3 Å². The highest BCUT2D eigenvalue weighted by Crippen LogP contribution is 2.33. The van der Waals surface area contributed by atoms with E-state index in [0.717, 1.165) is 40.9 Å². The van der Waals surface area contributed by atoms with Gasteiger partial charge in [0.25, 0.3) is 0 Å². The molecule has 3 aromatic carbocycles. The molecule has 0 aliphatic carbocycles. The Balaban J connectivity index is 1.74. The van der Waals surface area contributed by atoms with Gasteiger partial charge in [-0.3, -0.25) is 0 Å². The van der Waals surface area contributed by atoms with Crippen LogP contribution < -0.4 is 15.4 Å². The molecular weight excluding hydrogens is 429 g/mol. The normalized spacial score (nSPS) is 11.1. The molecule has 4 rings (SSSR count). The molecule has 0 aliphatic rings. The molecule has 0 spiro atoms. The van der Waals surface area contributed by atoms with E-state index in [1.165, 1.54) is 12.1 Å². The van der Waals surface area contributed by atoms with Gasteiger partial charge in [-0.25, -0.2) is 9.37 Å². The monoisotopic (exact) mass is 459 g/mol. The molecule has 0 saturated heterocycles.